The standard InChI is InChI=1S/C31H22N2O2/c32-20-28-29(25-14-6-2-7-15-25)30(26-16-8-3-9-17-26)35-31(28)33-21-24-13-10-18-27(19-24)34-22-23-11-4-1-5-12-23/h1-19,21H,22H2. The third-order valence-corrected chi connectivity index (χ3v) is 5.54. The highest BCUT2D eigenvalue weighted by molar-refractivity contribution is 5.90. The number of nitrogens with zero attached hydrogens (tertiary/aromatic N) is 2. The summed E-state index contributed by atoms with van der Waals surface area (Å²) in [4.78, 5) is 4.57. The first kappa shape index (κ1) is 21.9. The number of nitriles is 1. The molecule has 0 radical (unpaired) electrons. The lowest BCUT2D eigenvalue weighted by Crippen LogP contribution is -1.95. The van der Waals surface area contributed by atoms with Crippen molar-refractivity contribution in [1.29, 1.82) is 5.26 Å². The van der Waals surface area contributed by atoms with Gasteiger partial charge in [0.1, 0.15) is 29.7 Å². The van der Waals surface area contributed by atoms with Gasteiger partial charge in [-0.15, -0.1) is 0 Å². The molecule has 0 aliphatic rings. The molecule has 0 aliphatic heterocycles. The molecule has 4 heteroatoms. The Kier molecular flexibility index (Phi) is 6.50. The van der Waals surface area contributed by atoms with Gasteiger partial charge in [-0.1, -0.05) is 103 Å². The molecule has 0 amide bonds. The summed E-state index contributed by atoms with van der Waals surface area (Å²) >= 11 is 0. The number of ether oxygens (including phenoxy) is 1. The van der Waals surface area contributed by atoms with Crippen LogP contribution in [0, 0.1) is 11.3 Å². The van der Waals surface area contributed by atoms with Crippen LogP contribution in [0.25, 0.3) is 22.5 Å². The number of hydrogen-bond acceptors (Lipinski definition) is 4. The van der Waals surface area contributed by atoms with E-state index in [0.29, 0.717) is 17.9 Å². The van der Waals surface area contributed by atoms with Crippen LogP contribution in [0.2, 0.25) is 0 Å². The number of hydrogen-bond donors (Lipinski definition) is 0. The summed E-state index contributed by atoms with van der Waals surface area (Å²) in [7, 11) is 0. The van der Waals surface area contributed by atoms with Crippen molar-refractivity contribution in [2.24, 2.45) is 4.99 Å². The molecule has 168 valence electrons. The highest BCUT2D eigenvalue weighted by atomic mass is 16.5. The van der Waals surface area contributed by atoms with E-state index in [9.17, 15) is 5.26 Å². The van der Waals surface area contributed by atoms with Crippen LogP contribution in [0.1, 0.15) is 16.7 Å². The second-order valence-electron chi connectivity index (χ2n) is 7.94. The third kappa shape index (κ3) is 5.05. The molecule has 0 saturated carbocycles. The molecule has 0 unspecified atom stereocenters. The van der Waals surface area contributed by atoms with Crippen molar-refractivity contribution in [3.05, 3.63) is 132 Å². The summed E-state index contributed by atoms with van der Waals surface area (Å²) in [6.45, 7) is 0.485. The van der Waals surface area contributed by atoms with Crippen LogP contribution >= 0.6 is 0 Å². The lowest BCUT2D eigenvalue weighted by atomic mass is 9.98. The van der Waals surface area contributed by atoms with Crippen LogP contribution in [0.3, 0.4) is 0 Å². The largest absolute Gasteiger partial charge is 0.489 e. The molecule has 0 saturated heterocycles. The molecule has 0 fully saturated rings. The van der Waals surface area contributed by atoms with Gasteiger partial charge in [-0.3, -0.25) is 0 Å². The average Bonchev–Trinajstić information content (AvgIpc) is 3.31. The molecule has 4 aromatic carbocycles. The van der Waals surface area contributed by atoms with Crippen molar-refractivity contribution < 1.29 is 9.15 Å². The van der Waals surface area contributed by atoms with Crippen molar-refractivity contribution in [3.8, 4) is 34.3 Å². The van der Waals surface area contributed by atoms with Gasteiger partial charge >= 0.3 is 0 Å². The van der Waals surface area contributed by atoms with Crippen LogP contribution in [-0.2, 0) is 6.61 Å². The molecule has 0 bridgehead atoms. The summed E-state index contributed by atoms with van der Waals surface area (Å²) in [6, 6.07) is 39.6. The second-order valence-corrected chi connectivity index (χ2v) is 7.94. The molecular formula is C31H22N2O2. The number of aliphatic imine (C=N–C) groups is 1. The van der Waals surface area contributed by atoms with Gasteiger partial charge in [0.25, 0.3) is 0 Å². The predicted octanol–water partition coefficient (Wildman–Crippen LogP) is 7.81. The fourth-order valence-electron chi connectivity index (χ4n) is 3.85. The Morgan fingerprint density at radius 1 is 0.771 bits per heavy atom. The van der Waals surface area contributed by atoms with Crippen molar-refractivity contribution in [2.45, 2.75) is 6.61 Å². The average molecular weight is 455 g/mol. The third-order valence-electron chi connectivity index (χ3n) is 5.54. The van der Waals surface area contributed by atoms with Crippen LogP contribution in [0.15, 0.2) is 125 Å². The fraction of sp³-hybridized carbons (Fsp3) is 0.0323. The molecule has 4 nitrogen and oxygen atoms in total. The highest BCUT2D eigenvalue weighted by Crippen LogP contribution is 2.42. The molecule has 0 N–H and O–H groups in total. The van der Waals surface area contributed by atoms with E-state index in [1.165, 1.54) is 0 Å². The summed E-state index contributed by atoms with van der Waals surface area (Å²) < 4.78 is 12.1. The summed E-state index contributed by atoms with van der Waals surface area (Å²) in [5.74, 6) is 1.65. The minimum atomic E-state index is 0.279. The Morgan fingerprint density at radius 2 is 1.43 bits per heavy atom. The maximum atomic E-state index is 10.0. The van der Waals surface area contributed by atoms with Gasteiger partial charge in [-0.25, -0.2) is 4.99 Å². The molecule has 1 aromatic heterocycles. The summed E-state index contributed by atoms with van der Waals surface area (Å²) in [6.07, 6.45) is 1.69. The lowest BCUT2D eigenvalue weighted by Gasteiger charge is -2.06. The van der Waals surface area contributed by atoms with Crippen molar-refractivity contribution in [3.63, 3.8) is 0 Å². The van der Waals surface area contributed by atoms with Crippen LogP contribution in [0.4, 0.5) is 5.88 Å². The number of furan rings is 1. The Bertz CT molecular complexity index is 1480. The first-order valence-electron chi connectivity index (χ1n) is 11.3. The van der Waals surface area contributed by atoms with E-state index in [-0.39, 0.29) is 5.88 Å². The maximum absolute atomic E-state index is 10.0. The van der Waals surface area contributed by atoms with Gasteiger partial charge in [0, 0.05) is 17.3 Å². The zero-order valence-corrected chi connectivity index (χ0v) is 19.0. The Balaban J connectivity index is 1.47. The topological polar surface area (TPSA) is 58.5 Å². The smallest absolute Gasteiger partial charge is 0.238 e. The first-order chi connectivity index (χ1) is 17.3. The Hall–Kier alpha value is -4.88. The first-order valence-corrected chi connectivity index (χ1v) is 11.3. The molecule has 0 aliphatic carbocycles. The van der Waals surface area contributed by atoms with Crippen molar-refractivity contribution >= 4 is 12.1 Å². The zero-order valence-electron chi connectivity index (χ0n) is 19.0. The highest BCUT2D eigenvalue weighted by Gasteiger charge is 2.22. The zero-order chi connectivity index (χ0) is 23.9. The monoisotopic (exact) mass is 454 g/mol. The van der Waals surface area contributed by atoms with Gasteiger partial charge < -0.3 is 9.15 Å². The minimum Gasteiger partial charge on any atom is -0.489 e. The van der Waals surface area contributed by atoms with E-state index in [1.807, 2.05) is 115 Å². The molecule has 5 rings (SSSR count). The molecule has 5 aromatic rings. The van der Waals surface area contributed by atoms with E-state index >= 15 is 0 Å². The van der Waals surface area contributed by atoms with Crippen LogP contribution in [-0.4, -0.2) is 6.21 Å². The molecular weight excluding hydrogens is 432 g/mol. The van der Waals surface area contributed by atoms with E-state index < -0.39 is 0 Å². The van der Waals surface area contributed by atoms with Gasteiger partial charge in [0.2, 0.25) is 5.88 Å². The van der Waals surface area contributed by atoms with Crippen molar-refractivity contribution in [1.82, 2.24) is 0 Å². The molecule has 0 spiro atoms. The van der Waals surface area contributed by atoms with Gasteiger partial charge in [-0.2, -0.15) is 5.26 Å². The molecule has 35 heavy (non-hydrogen) atoms. The second kappa shape index (κ2) is 10.4. The Labute approximate surface area is 204 Å². The maximum Gasteiger partial charge on any atom is 0.238 e. The van der Waals surface area contributed by atoms with E-state index in [1.54, 1.807) is 6.21 Å². The predicted molar refractivity (Wildman–Crippen MR) is 139 cm³/mol. The van der Waals surface area contributed by atoms with Crippen LogP contribution < -0.4 is 4.74 Å². The Morgan fingerprint density at radius 3 is 2.11 bits per heavy atom. The van der Waals surface area contributed by atoms with E-state index in [2.05, 4.69) is 11.1 Å². The normalized spacial score (nSPS) is 10.8. The fourth-order valence-corrected chi connectivity index (χ4v) is 3.85. The molecule has 0 atom stereocenters. The van der Waals surface area contributed by atoms with Crippen molar-refractivity contribution in [2.75, 3.05) is 0 Å². The summed E-state index contributed by atoms with van der Waals surface area (Å²) in [5, 5.41) is 10.0. The van der Waals surface area contributed by atoms with E-state index in [4.69, 9.17) is 9.15 Å². The van der Waals surface area contributed by atoms with Gasteiger partial charge in [-0.05, 0) is 28.8 Å². The van der Waals surface area contributed by atoms with Crippen LogP contribution in [0.5, 0.6) is 5.75 Å². The summed E-state index contributed by atoms with van der Waals surface area (Å²) in [5.41, 5.74) is 4.89. The lowest BCUT2D eigenvalue weighted by molar-refractivity contribution is 0.306. The molecule has 1 heterocycles. The quantitative estimate of drug-likeness (QED) is 0.236. The van der Waals surface area contributed by atoms with Gasteiger partial charge in [0.05, 0.1) is 0 Å². The SMILES string of the molecule is N#Cc1c(N=Cc2cccc(OCc3ccccc3)c2)oc(-c2ccccc2)c1-c1ccccc1. The van der Waals surface area contributed by atoms with E-state index in [0.717, 1.165) is 33.6 Å². The minimum absolute atomic E-state index is 0.279. The number of benzene rings is 4. The number of rotatable bonds is 7. The van der Waals surface area contributed by atoms with Gasteiger partial charge in [0.15, 0.2) is 0 Å².